The van der Waals surface area contributed by atoms with Crippen LogP contribution in [0, 0.1) is 17.7 Å². The molecule has 0 spiro atoms. The summed E-state index contributed by atoms with van der Waals surface area (Å²) < 4.78 is 40.4. The van der Waals surface area contributed by atoms with E-state index < -0.39 is 20.9 Å². The van der Waals surface area contributed by atoms with Crippen LogP contribution in [0.4, 0.5) is 4.39 Å². The van der Waals surface area contributed by atoms with Crippen molar-refractivity contribution in [3.63, 3.8) is 0 Å². The molecule has 0 saturated heterocycles. The Bertz CT molecular complexity index is 541. The zero-order chi connectivity index (χ0) is 12.8. The highest BCUT2D eigenvalue weighted by molar-refractivity contribution is 7.89. The molecule has 18 heavy (non-hydrogen) atoms. The summed E-state index contributed by atoms with van der Waals surface area (Å²) in [7, 11) is -3.84. The molecule has 2 fully saturated rings. The number of rotatable bonds is 5. The first-order valence-electron chi connectivity index (χ1n) is 6.21. The highest BCUT2D eigenvalue weighted by Crippen LogP contribution is 2.45. The van der Waals surface area contributed by atoms with Gasteiger partial charge in [0.15, 0.2) is 5.82 Å². The lowest BCUT2D eigenvalue weighted by atomic mass is 10.1. The van der Waals surface area contributed by atoms with Gasteiger partial charge in [0, 0.05) is 12.2 Å². The van der Waals surface area contributed by atoms with Gasteiger partial charge in [-0.15, -0.1) is 0 Å². The van der Waals surface area contributed by atoms with Crippen molar-refractivity contribution in [2.24, 2.45) is 11.8 Å². The second-order valence-electron chi connectivity index (χ2n) is 5.11. The van der Waals surface area contributed by atoms with Gasteiger partial charge in [-0.05, 0) is 49.7 Å². The second-order valence-corrected chi connectivity index (χ2v) is 6.74. The molecule has 0 radical (unpaired) electrons. The zero-order valence-corrected chi connectivity index (χ0v) is 10.7. The van der Waals surface area contributed by atoms with Crippen LogP contribution in [-0.4, -0.2) is 19.4 Å². The molecule has 3 rings (SSSR count). The van der Waals surface area contributed by atoms with E-state index in [1.807, 2.05) is 0 Å². The van der Waals surface area contributed by atoms with E-state index in [0.717, 1.165) is 31.7 Å². The topological polar surface area (TPSA) is 59.1 Å². The lowest BCUT2D eigenvalue weighted by Gasteiger charge is -2.17. The summed E-state index contributed by atoms with van der Waals surface area (Å²) >= 11 is 0. The van der Waals surface area contributed by atoms with Gasteiger partial charge in [-0.3, -0.25) is 0 Å². The third kappa shape index (κ3) is 2.40. The van der Waals surface area contributed by atoms with Gasteiger partial charge in [0.25, 0.3) is 10.0 Å². The quantitative estimate of drug-likeness (QED) is 0.885. The van der Waals surface area contributed by atoms with E-state index in [1.54, 1.807) is 0 Å². The van der Waals surface area contributed by atoms with Gasteiger partial charge >= 0.3 is 0 Å². The summed E-state index contributed by atoms with van der Waals surface area (Å²) in [5.41, 5.74) is 0. The largest absolute Gasteiger partial charge is 0.261 e. The van der Waals surface area contributed by atoms with Crippen molar-refractivity contribution in [2.45, 2.75) is 36.8 Å². The van der Waals surface area contributed by atoms with E-state index >= 15 is 0 Å². The summed E-state index contributed by atoms with van der Waals surface area (Å²) in [6, 6.07) is 2.47. The van der Waals surface area contributed by atoms with Gasteiger partial charge in [-0.1, -0.05) is 0 Å². The Morgan fingerprint density at radius 3 is 2.39 bits per heavy atom. The van der Waals surface area contributed by atoms with Gasteiger partial charge in [-0.2, -0.15) is 0 Å². The van der Waals surface area contributed by atoms with Crippen LogP contribution in [0.2, 0.25) is 0 Å². The average molecular weight is 270 g/mol. The van der Waals surface area contributed by atoms with Crippen molar-refractivity contribution in [3.8, 4) is 0 Å². The lowest BCUT2D eigenvalue weighted by Crippen LogP contribution is -2.38. The van der Waals surface area contributed by atoms with Crippen LogP contribution in [-0.2, 0) is 10.0 Å². The van der Waals surface area contributed by atoms with Gasteiger partial charge < -0.3 is 0 Å². The lowest BCUT2D eigenvalue weighted by molar-refractivity contribution is 0.465. The number of halogens is 1. The maximum absolute atomic E-state index is 13.5. The minimum absolute atomic E-state index is 0.0311. The van der Waals surface area contributed by atoms with Gasteiger partial charge in [0.05, 0.1) is 0 Å². The number of pyridine rings is 1. The van der Waals surface area contributed by atoms with Crippen LogP contribution in [0.1, 0.15) is 25.7 Å². The van der Waals surface area contributed by atoms with Crippen molar-refractivity contribution < 1.29 is 12.8 Å². The number of nitrogens with one attached hydrogen (secondary N) is 1. The molecular formula is C12H15FN2O2S. The van der Waals surface area contributed by atoms with E-state index in [0.29, 0.717) is 11.8 Å². The molecule has 1 aromatic rings. The molecule has 2 aliphatic rings. The molecule has 1 N–H and O–H groups in total. The predicted octanol–water partition coefficient (Wildman–Crippen LogP) is 1.69. The van der Waals surface area contributed by atoms with Crippen molar-refractivity contribution in [3.05, 3.63) is 24.1 Å². The molecule has 98 valence electrons. The molecule has 0 atom stereocenters. The van der Waals surface area contributed by atoms with E-state index in [2.05, 4.69) is 9.71 Å². The van der Waals surface area contributed by atoms with Gasteiger partial charge in [0.2, 0.25) is 5.03 Å². The Morgan fingerprint density at radius 1 is 1.28 bits per heavy atom. The van der Waals surface area contributed by atoms with Crippen LogP contribution < -0.4 is 4.72 Å². The maximum Gasteiger partial charge on any atom is 0.261 e. The third-order valence-corrected chi connectivity index (χ3v) is 4.92. The fourth-order valence-electron chi connectivity index (χ4n) is 2.29. The van der Waals surface area contributed by atoms with Crippen molar-refractivity contribution in [2.75, 3.05) is 0 Å². The summed E-state index contributed by atoms with van der Waals surface area (Å²) in [6.45, 7) is 0. The highest BCUT2D eigenvalue weighted by atomic mass is 32.2. The van der Waals surface area contributed by atoms with Crippen LogP contribution in [0.5, 0.6) is 0 Å². The summed E-state index contributed by atoms with van der Waals surface area (Å²) in [6.07, 6.45) is 5.55. The zero-order valence-electron chi connectivity index (χ0n) is 9.84. The molecule has 0 amide bonds. The number of aromatic nitrogens is 1. The minimum Gasteiger partial charge on any atom is -0.241 e. The molecule has 0 unspecified atom stereocenters. The molecule has 0 aromatic carbocycles. The molecular weight excluding hydrogens is 255 g/mol. The van der Waals surface area contributed by atoms with Crippen LogP contribution in [0.25, 0.3) is 0 Å². The normalized spacial score (nSPS) is 20.3. The van der Waals surface area contributed by atoms with Gasteiger partial charge in [-0.25, -0.2) is 22.5 Å². The fourth-order valence-corrected chi connectivity index (χ4v) is 3.67. The Balaban J connectivity index is 1.83. The van der Waals surface area contributed by atoms with Crippen molar-refractivity contribution >= 4 is 10.0 Å². The molecule has 2 aliphatic carbocycles. The number of sulfonamides is 1. The standard InChI is InChI=1S/C12H15FN2O2S/c13-10-2-1-7-14-12(10)18(16,17)15-11(8-3-4-8)9-5-6-9/h1-2,7-9,11,15H,3-6H2. The number of hydrogen-bond donors (Lipinski definition) is 1. The first-order valence-corrected chi connectivity index (χ1v) is 7.69. The molecule has 0 aliphatic heterocycles. The molecule has 1 heterocycles. The smallest absolute Gasteiger partial charge is 0.241 e. The van der Waals surface area contributed by atoms with E-state index in [9.17, 15) is 12.8 Å². The Morgan fingerprint density at radius 2 is 1.89 bits per heavy atom. The van der Waals surface area contributed by atoms with Crippen molar-refractivity contribution in [1.29, 1.82) is 0 Å². The molecule has 0 bridgehead atoms. The fraction of sp³-hybridized carbons (Fsp3) is 0.583. The highest BCUT2D eigenvalue weighted by Gasteiger charge is 2.44. The molecule has 6 heteroatoms. The first-order chi connectivity index (χ1) is 8.58. The van der Waals surface area contributed by atoms with Crippen LogP contribution in [0.15, 0.2) is 23.4 Å². The van der Waals surface area contributed by atoms with Crippen molar-refractivity contribution in [1.82, 2.24) is 9.71 Å². The Kier molecular flexibility index (Phi) is 2.86. The van der Waals surface area contributed by atoms with Gasteiger partial charge in [0.1, 0.15) is 0 Å². The first kappa shape index (κ1) is 12.0. The SMILES string of the molecule is O=S(=O)(NC(C1CC1)C1CC1)c1ncccc1F. The van der Waals surface area contributed by atoms with E-state index in [-0.39, 0.29) is 6.04 Å². The summed E-state index contributed by atoms with van der Waals surface area (Å²) in [5, 5.41) is -0.490. The molecule has 4 nitrogen and oxygen atoms in total. The van der Waals surface area contributed by atoms with E-state index in [4.69, 9.17) is 0 Å². The maximum atomic E-state index is 13.5. The molecule has 1 aromatic heterocycles. The summed E-state index contributed by atoms with van der Waals surface area (Å²) in [4.78, 5) is 3.64. The van der Waals surface area contributed by atoms with Crippen LogP contribution >= 0.6 is 0 Å². The monoisotopic (exact) mass is 270 g/mol. The minimum atomic E-state index is -3.84. The summed E-state index contributed by atoms with van der Waals surface area (Å²) in [5.74, 6) is 0.0634. The Labute approximate surface area is 106 Å². The van der Waals surface area contributed by atoms with Crippen LogP contribution in [0.3, 0.4) is 0 Å². The predicted molar refractivity (Wildman–Crippen MR) is 63.8 cm³/mol. The Hall–Kier alpha value is -1.01. The third-order valence-electron chi connectivity index (χ3n) is 3.53. The number of hydrogen-bond acceptors (Lipinski definition) is 3. The van der Waals surface area contributed by atoms with E-state index in [1.165, 1.54) is 12.3 Å². The second kappa shape index (κ2) is 4.28. The molecule has 2 saturated carbocycles. The number of nitrogens with zero attached hydrogens (tertiary/aromatic N) is 1. The average Bonchev–Trinajstić information content (AvgIpc) is 3.17.